The summed E-state index contributed by atoms with van der Waals surface area (Å²) in [5.41, 5.74) is -0.00648. The largest absolute Gasteiger partial charge is 0.490 e. The highest BCUT2D eigenvalue weighted by molar-refractivity contribution is 5.81. The van der Waals surface area contributed by atoms with Gasteiger partial charge in [-0.05, 0) is 19.1 Å². The molecule has 0 saturated carbocycles. The van der Waals surface area contributed by atoms with Gasteiger partial charge in [0.25, 0.3) is 0 Å². The predicted octanol–water partition coefficient (Wildman–Crippen LogP) is 1.58. The summed E-state index contributed by atoms with van der Waals surface area (Å²) >= 11 is 0. The van der Waals surface area contributed by atoms with Gasteiger partial charge in [-0.15, -0.1) is 0 Å². The number of anilines is 1. The maximum Gasteiger partial charge on any atom is 0.333 e. The Labute approximate surface area is 104 Å². The number of rotatable bonds is 5. The van der Waals surface area contributed by atoms with Crippen LogP contribution in [0, 0.1) is 10.1 Å². The molecule has 1 rings (SSSR count). The molecule has 0 spiro atoms. The van der Waals surface area contributed by atoms with Gasteiger partial charge in [0.1, 0.15) is 11.7 Å². The molecule has 7 heteroatoms. The lowest BCUT2D eigenvalue weighted by Crippen LogP contribution is -2.27. The van der Waals surface area contributed by atoms with Crippen LogP contribution in [0.2, 0.25) is 0 Å². The zero-order valence-corrected chi connectivity index (χ0v) is 10.3. The number of nitro groups is 1. The first kappa shape index (κ1) is 13.8. The van der Waals surface area contributed by atoms with E-state index in [2.05, 4.69) is 10.1 Å². The molecule has 0 heterocycles. The first-order chi connectivity index (χ1) is 8.51. The van der Waals surface area contributed by atoms with Crippen LogP contribution in [-0.4, -0.2) is 31.2 Å². The Morgan fingerprint density at radius 1 is 1.44 bits per heavy atom. The fourth-order valence-corrected chi connectivity index (χ4v) is 1.46. The van der Waals surface area contributed by atoms with Crippen molar-refractivity contribution in [2.75, 3.05) is 19.5 Å². The number of esters is 1. The molecule has 0 aliphatic heterocycles. The van der Waals surface area contributed by atoms with Crippen molar-refractivity contribution in [2.45, 2.75) is 13.0 Å². The average molecular weight is 254 g/mol. The van der Waals surface area contributed by atoms with E-state index >= 15 is 0 Å². The highest BCUT2D eigenvalue weighted by Crippen LogP contribution is 2.34. The average Bonchev–Trinajstić information content (AvgIpc) is 2.36. The van der Waals surface area contributed by atoms with E-state index in [9.17, 15) is 14.9 Å². The quantitative estimate of drug-likeness (QED) is 0.487. The second-order valence-electron chi connectivity index (χ2n) is 3.50. The molecule has 1 atom stereocenters. The molecule has 0 amide bonds. The van der Waals surface area contributed by atoms with Crippen LogP contribution >= 0.6 is 0 Å². The number of nitrogens with zero attached hydrogens (tertiary/aromatic N) is 1. The number of benzene rings is 1. The zero-order valence-electron chi connectivity index (χ0n) is 10.3. The van der Waals surface area contributed by atoms with Crippen LogP contribution in [0.5, 0.6) is 5.75 Å². The van der Waals surface area contributed by atoms with Crippen LogP contribution in [0.3, 0.4) is 0 Å². The fourth-order valence-electron chi connectivity index (χ4n) is 1.46. The topological polar surface area (TPSA) is 90.7 Å². The molecule has 1 aromatic rings. The van der Waals surface area contributed by atoms with Gasteiger partial charge in [0.15, 0.2) is 5.75 Å². The SMILES string of the molecule is COC(=O)C(C)Nc1cccc(OC)c1[N+](=O)[O-]. The Hall–Kier alpha value is -2.31. The van der Waals surface area contributed by atoms with Gasteiger partial charge in [0.2, 0.25) is 0 Å². The van der Waals surface area contributed by atoms with E-state index in [-0.39, 0.29) is 17.1 Å². The molecule has 0 fully saturated rings. The van der Waals surface area contributed by atoms with Crippen LogP contribution in [0.25, 0.3) is 0 Å². The van der Waals surface area contributed by atoms with Gasteiger partial charge in [-0.3, -0.25) is 10.1 Å². The first-order valence-corrected chi connectivity index (χ1v) is 5.17. The summed E-state index contributed by atoms with van der Waals surface area (Å²) in [4.78, 5) is 21.7. The van der Waals surface area contributed by atoms with Crippen molar-refractivity contribution in [3.05, 3.63) is 28.3 Å². The summed E-state index contributed by atoms with van der Waals surface area (Å²) in [6, 6.07) is 3.88. The number of nitrogens with one attached hydrogen (secondary N) is 1. The predicted molar refractivity (Wildman–Crippen MR) is 64.7 cm³/mol. The molecular formula is C11H14N2O5. The lowest BCUT2D eigenvalue weighted by atomic mass is 10.2. The number of carbonyl (C=O) groups excluding carboxylic acids is 1. The third-order valence-electron chi connectivity index (χ3n) is 2.33. The van der Waals surface area contributed by atoms with Crippen molar-refractivity contribution in [1.29, 1.82) is 0 Å². The van der Waals surface area contributed by atoms with E-state index in [1.807, 2.05) is 0 Å². The second-order valence-corrected chi connectivity index (χ2v) is 3.50. The number of nitro benzene ring substituents is 1. The Morgan fingerprint density at radius 3 is 2.61 bits per heavy atom. The molecule has 0 aliphatic rings. The Bertz CT molecular complexity index is 461. The fraction of sp³-hybridized carbons (Fsp3) is 0.364. The standard InChI is InChI=1S/C11H14N2O5/c1-7(11(14)18-3)12-8-5-4-6-9(17-2)10(8)13(15)16/h4-7,12H,1-3H3. The maximum absolute atomic E-state index is 11.3. The van der Waals surface area contributed by atoms with Crippen LogP contribution in [0.4, 0.5) is 11.4 Å². The van der Waals surface area contributed by atoms with E-state index in [0.717, 1.165) is 0 Å². The van der Waals surface area contributed by atoms with Crippen LogP contribution in [-0.2, 0) is 9.53 Å². The molecule has 0 radical (unpaired) electrons. The molecule has 1 unspecified atom stereocenters. The molecule has 18 heavy (non-hydrogen) atoms. The van der Waals surface area contributed by atoms with Crippen molar-refractivity contribution in [3.8, 4) is 5.75 Å². The zero-order chi connectivity index (χ0) is 13.7. The Balaban J connectivity index is 3.09. The molecule has 0 aromatic heterocycles. The Morgan fingerprint density at radius 2 is 2.11 bits per heavy atom. The van der Waals surface area contributed by atoms with Gasteiger partial charge < -0.3 is 14.8 Å². The van der Waals surface area contributed by atoms with Crippen molar-refractivity contribution in [3.63, 3.8) is 0 Å². The van der Waals surface area contributed by atoms with Gasteiger partial charge in [-0.2, -0.15) is 0 Å². The van der Waals surface area contributed by atoms with Gasteiger partial charge in [0, 0.05) is 0 Å². The van der Waals surface area contributed by atoms with E-state index in [0.29, 0.717) is 0 Å². The highest BCUT2D eigenvalue weighted by atomic mass is 16.6. The van der Waals surface area contributed by atoms with E-state index in [1.54, 1.807) is 13.0 Å². The summed E-state index contributed by atoms with van der Waals surface area (Å²) in [5, 5.41) is 13.7. The normalized spacial score (nSPS) is 11.5. The van der Waals surface area contributed by atoms with E-state index in [4.69, 9.17) is 4.74 Å². The van der Waals surface area contributed by atoms with Crippen molar-refractivity contribution < 1.29 is 19.2 Å². The van der Waals surface area contributed by atoms with Gasteiger partial charge in [-0.1, -0.05) is 6.07 Å². The molecule has 98 valence electrons. The number of hydrogen-bond donors (Lipinski definition) is 1. The summed E-state index contributed by atoms with van der Waals surface area (Å²) < 4.78 is 9.46. The number of carbonyl (C=O) groups is 1. The molecular weight excluding hydrogens is 240 g/mol. The van der Waals surface area contributed by atoms with Gasteiger partial charge in [-0.25, -0.2) is 4.79 Å². The highest BCUT2D eigenvalue weighted by Gasteiger charge is 2.23. The Kier molecular flexibility index (Phi) is 4.47. The number of hydrogen-bond acceptors (Lipinski definition) is 6. The molecule has 0 saturated heterocycles. The lowest BCUT2D eigenvalue weighted by molar-refractivity contribution is -0.384. The van der Waals surface area contributed by atoms with Gasteiger partial charge >= 0.3 is 11.7 Å². The summed E-state index contributed by atoms with van der Waals surface area (Å²) in [6.45, 7) is 1.55. The van der Waals surface area contributed by atoms with E-state index < -0.39 is 16.9 Å². The van der Waals surface area contributed by atoms with Crippen molar-refractivity contribution in [2.24, 2.45) is 0 Å². The summed E-state index contributed by atoms with van der Waals surface area (Å²) in [5.74, 6) is -0.380. The smallest absolute Gasteiger partial charge is 0.333 e. The maximum atomic E-state index is 11.3. The minimum Gasteiger partial charge on any atom is -0.490 e. The summed E-state index contributed by atoms with van der Waals surface area (Å²) in [7, 11) is 2.59. The van der Waals surface area contributed by atoms with Crippen LogP contribution in [0.15, 0.2) is 18.2 Å². The second kappa shape index (κ2) is 5.85. The third-order valence-corrected chi connectivity index (χ3v) is 2.33. The monoisotopic (exact) mass is 254 g/mol. The van der Waals surface area contributed by atoms with E-state index in [1.165, 1.54) is 26.4 Å². The molecule has 0 bridgehead atoms. The minimum absolute atomic E-state index is 0.127. The number of para-hydroxylation sites is 1. The van der Waals surface area contributed by atoms with Crippen LogP contribution < -0.4 is 10.1 Å². The molecule has 1 aromatic carbocycles. The number of ether oxygens (including phenoxy) is 2. The minimum atomic E-state index is -0.694. The molecule has 0 aliphatic carbocycles. The van der Waals surface area contributed by atoms with Crippen molar-refractivity contribution >= 4 is 17.3 Å². The third kappa shape index (κ3) is 2.88. The van der Waals surface area contributed by atoms with Crippen molar-refractivity contribution in [1.82, 2.24) is 0 Å². The summed E-state index contributed by atoms with van der Waals surface area (Å²) in [6.07, 6.45) is 0. The molecule has 1 N–H and O–H groups in total. The lowest BCUT2D eigenvalue weighted by Gasteiger charge is -2.13. The number of methoxy groups -OCH3 is 2. The van der Waals surface area contributed by atoms with Gasteiger partial charge in [0.05, 0.1) is 19.1 Å². The first-order valence-electron chi connectivity index (χ1n) is 5.17. The van der Waals surface area contributed by atoms with Crippen LogP contribution in [0.1, 0.15) is 6.92 Å². The molecule has 7 nitrogen and oxygen atoms in total.